The van der Waals surface area contributed by atoms with Gasteiger partial charge in [-0.2, -0.15) is 0 Å². The molecule has 8 nitrogen and oxygen atoms in total. The number of hydrogen-bond acceptors (Lipinski definition) is 6. The van der Waals surface area contributed by atoms with Crippen LogP contribution < -0.4 is 10.1 Å². The highest BCUT2D eigenvalue weighted by molar-refractivity contribution is 5.94. The molecule has 1 aliphatic rings. The zero-order chi connectivity index (χ0) is 19.5. The highest BCUT2D eigenvalue weighted by Crippen LogP contribution is 2.14. The molecule has 0 radical (unpaired) electrons. The van der Waals surface area contributed by atoms with Crippen molar-refractivity contribution in [3.63, 3.8) is 0 Å². The number of rotatable bonds is 11. The van der Waals surface area contributed by atoms with Gasteiger partial charge in [-0.3, -0.25) is 14.5 Å². The van der Waals surface area contributed by atoms with E-state index in [0.717, 1.165) is 32.4 Å². The summed E-state index contributed by atoms with van der Waals surface area (Å²) in [5.74, 6) is -0.628. The predicted molar refractivity (Wildman–Crippen MR) is 98.9 cm³/mol. The molecule has 2 rings (SSSR count). The molecule has 0 unspecified atom stereocenters. The summed E-state index contributed by atoms with van der Waals surface area (Å²) in [7, 11) is 1.60. The average molecular weight is 380 g/mol. The second-order valence-corrected chi connectivity index (χ2v) is 6.35. The van der Waals surface area contributed by atoms with Crippen molar-refractivity contribution in [3.8, 4) is 5.75 Å². The standard InChI is InChI=1S/C19H28N2O6/c1-25-11-12-26-14-27-16-7-5-15(6-8-16)18(22)20-13-17(19(23)24)21-9-3-2-4-10-21/h5-8,17H,2-4,9-14H2,1H3,(H,20,22)(H,23,24)/t17-/m0/s1. The van der Waals surface area contributed by atoms with Gasteiger partial charge in [0, 0.05) is 19.2 Å². The normalized spacial score (nSPS) is 15.9. The lowest BCUT2D eigenvalue weighted by Gasteiger charge is -2.31. The van der Waals surface area contributed by atoms with Crippen molar-refractivity contribution in [3.05, 3.63) is 29.8 Å². The van der Waals surface area contributed by atoms with Gasteiger partial charge >= 0.3 is 5.97 Å². The first kappa shape index (κ1) is 21.1. The fourth-order valence-corrected chi connectivity index (χ4v) is 2.91. The summed E-state index contributed by atoms with van der Waals surface area (Å²) in [4.78, 5) is 25.7. The fourth-order valence-electron chi connectivity index (χ4n) is 2.91. The van der Waals surface area contributed by atoms with Gasteiger partial charge in [0.2, 0.25) is 0 Å². The number of benzene rings is 1. The second-order valence-electron chi connectivity index (χ2n) is 6.35. The van der Waals surface area contributed by atoms with Gasteiger partial charge in [0.15, 0.2) is 6.79 Å². The molecule has 1 aromatic rings. The number of nitrogens with one attached hydrogen (secondary N) is 1. The maximum absolute atomic E-state index is 12.3. The Morgan fingerprint density at radius 1 is 1.15 bits per heavy atom. The van der Waals surface area contributed by atoms with E-state index in [9.17, 15) is 14.7 Å². The van der Waals surface area contributed by atoms with Gasteiger partial charge in [-0.05, 0) is 50.2 Å². The third-order valence-corrected chi connectivity index (χ3v) is 4.43. The van der Waals surface area contributed by atoms with Crippen molar-refractivity contribution in [2.45, 2.75) is 25.3 Å². The maximum Gasteiger partial charge on any atom is 0.322 e. The van der Waals surface area contributed by atoms with Crippen molar-refractivity contribution in [1.82, 2.24) is 10.2 Å². The number of methoxy groups -OCH3 is 1. The Balaban J connectivity index is 1.79. The first-order valence-corrected chi connectivity index (χ1v) is 9.16. The molecule has 0 aromatic heterocycles. The minimum Gasteiger partial charge on any atom is -0.480 e. The molecule has 0 saturated carbocycles. The lowest BCUT2D eigenvalue weighted by atomic mass is 10.1. The number of piperidine rings is 1. The quantitative estimate of drug-likeness (QED) is 0.442. The Morgan fingerprint density at radius 2 is 1.85 bits per heavy atom. The Labute approximate surface area is 159 Å². The highest BCUT2D eigenvalue weighted by atomic mass is 16.7. The number of aliphatic carboxylic acids is 1. The lowest BCUT2D eigenvalue weighted by molar-refractivity contribution is -0.143. The molecule has 150 valence electrons. The first-order chi connectivity index (χ1) is 13.1. The van der Waals surface area contributed by atoms with Gasteiger partial charge < -0.3 is 24.6 Å². The summed E-state index contributed by atoms with van der Waals surface area (Å²) in [6, 6.07) is 5.93. The number of carboxylic acid groups (broad SMARTS) is 1. The number of likely N-dealkylation sites (tertiary alicyclic amines) is 1. The summed E-state index contributed by atoms with van der Waals surface area (Å²) in [5.41, 5.74) is 0.449. The summed E-state index contributed by atoms with van der Waals surface area (Å²) in [6.45, 7) is 2.64. The van der Waals surface area contributed by atoms with E-state index in [4.69, 9.17) is 14.2 Å². The molecule has 1 aromatic carbocycles. The zero-order valence-electron chi connectivity index (χ0n) is 15.7. The molecule has 1 atom stereocenters. The number of amides is 1. The Bertz CT molecular complexity index is 586. The van der Waals surface area contributed by atoms with Gasteiger partial charge in [0.25, 0.3) is 5.91 Å². The Morgan fingerprint density at radius 3 is 2.48 bits per heavy atom. The van der Waals surface area contributed by atoms with Crippen LogP contribution in [0.5, 0.6) is 5.75 Å². The van der Waals surface area contributed by atoms with Crippen LogP contribution in [-0.4, -0.2) is 74.7 Å². The van der Waals surface area contributed by atoms with Crippen molar-refractivity contribution >= 4 is 11.9 Å². The van der Waals surface area contributed by atoms with E-state index in [2.05, 4.69) is 5.32 Å². The average Bonchev–Trinajstić information content (AvgIpc) is 2.69. The van der Waals surface area contributed by atoms with Crippen molar-refractivity contribution in [1.29, 1.82) is 0 Å². The second kappa shape index (κ2) is 11.5. The van der Waals surface area contributed by atoms with Crippen LogP contribution >= 0.6 is 0 Å². The topological polar surface area (TPSA) is 97.3 Å². The van der Waals surface area contributed by atoms with Crippen LogP contribution in [0, 0.1) is 0 Å². The van der Waals surface area contributed by atoms with E-state index < -0.39 is 12.0 Å². The van der Waals surface area contributed by atoms with Gasteiger partial charge in [0.05, 0.1) is 13.2 Å². The summed E-state index contributed by atoms with van der Waals surface area (Å²) < 4.78 is 15.5. The smallest absolute Gasteiger partial charge is 0.322 e. The number of carboxylic acids is 1. The summed E-state index contributed by atoms with van der Waals surface area (Å²) in [6.07, 6.45) is 3.11. The van der Waals surface area contributed by atoms with Gasteiger partial charge in [0.1, 0.15) is 11.8 Å². The molecule has 27 heavy (non-hydrogen) atoms. The van der Waals surface area contributed by atoms with Crippen LogP contribution in [0.3, 0.4) is 0 Å². The number of carbonyl (C=O) groups excluding carboxylic acids is 1. The minimum absolute atomic E-state index is 0.0831. The van der Waals surface area contributed by atoms with E-state index in [1.807, 2.05) is 4.90 Å². The van der Waals surface area contributed by atoms with Crippen molar-refractivity contribution in [2.75, 3.05) is 46.8 Å². The van der Waals surface area contributed by atoms with Crippen LogP contribution in [0.2, 0.25) is 0 Å². The summed E-state index contributed by atoms with van der Waals surface area (Å²) in [5, 5.41) is 12.2. The number of hydrogen-bond donors (Lipinski definition) is 2. The largest absolute Gasteiger partial charge is 0.480 e. The molecule has 1 heterocycles. The minimum atomic E-state index is -0.908. The predicted octanol–water partition coefficient (Wildman–Crippen LogP) is 1.35. The molecule has 1 aliphatic heterocycles. The maximum atomic E-state index is 12.3. The Hall–Kier alpha value is -2.16. The van der Waals surface area contributed by atoms with Crippen LogP contribution in [-0.2, 0) is 14.3 Å². The van der Waals surface area contributed by atoms with Gasteiger partial charge in [-0.1, -0.05) is 6.42 Å². The molecule has 1 amide bonds. The molecule has 0 aliphatic carbocycles. The third kappa shape index (κ3) is 7.16. The number of nitrogens with zero attached hydrogens (tertiary/aromatic N) is 1. The van der Waals surface area contributed by atoms with Crippen LogP contribution in [0.4, 0.5) is 0 Å². The van der Waals surface area contributed by atoms with Crippen molar-refractivity contribution < 1.29 is 28.9 Å². The molecule has 0 bridgehead atoms. The van der Waals surface area contributed by atoms with E-state index >= 15 is 0 Å². The number of carbonyl (C=O) groups is 2. The van der Waals surface area contributed by atoms with E-state index in [1.165, 1.54) is 0 Å². The fraction of sp³-hybridized carbons (Fsp3) is 0.579. The monoisotopic (exact) mass is 380 g/mol. The van der Waals surface area contributed by atoms with Crippen molar-refractivity contribution in [2.24, 2.45) is 0 Å². The lowest BCUT2D eigenvalue weighted by Crippen LogP contribution is -2.50. The molecule has 0 spiro atoms. The van der Waals surface area contributed by atoms with E-state index in [-0.39, 0.29) is 19.2 Å². The van der Waals surface area contributed by atoms with Crippen LogP contribution in [0.25, 0.3) is 0 Å². The molecule has 2 N–H and O–H groups in total. The van der Waals surface area contributed by atoms with Gasteiger partial charge in [-0.25, -0.2) is 0 Å². The first-order valence-electron chi connectivity index (χ1n) is 9.16. The molecular weight excluding hydrogens is 352 g/mol. The zero-order valence-corrected chi connectivity index (χ0v) is 15.7. The van der Waals surface area contributed by atoms with Crippen LogP contribution in [0.1, 0.15) is 29.6 Å². The van der Waals surface area contributed by atoms with Gasteiger partial charge in [-0.15, -0.1) is 0 Å². The van der Waals surface area contributed by atoms with Crippen LogP contribution in [0.15, 0.2) is 24.3 Å². The Kier molecular flexibility index (Phi) is 9.03. The summed E-state index contributed by atoms with van der Waals surface area (Å²) >= 11 is 0. The third-order valence-electron chi connectivity index (χ3n) is 4.43. The van der Waals surface area contributed by atoms with E-state index in [0.29, 0.717) is 24.5 Å². The highest BCUT2D eigenvalue weighted by Gasteiger charge is 2.27. The number of ether oxygens (including phenoxy) is 3. The molecular formula is C19H28N2O6. The molecule has 8 heteroatoms. The van der Waals surface area contributed by atoms with E-state index in [1.54, 1.807) is 31.4 Å². The molecule has 1 saturated heterocycles. The SMILES string of the molecule is COCCOCOc1ccc(C(=O)NC[C@@H](C(=O)O)N2CCCCC2)cc1. The molecule has 1 fully saturated rings.